The molecule has 0 spiro atoms. The highest BCUT2D eigenvalue weighted by atomic mass is 35.5. The monoisotopic (exact) mass is 591 g/mol. The first-order valence-electron chi connectivity index (χ1n) is 11.1. The van der Waals surface area contributed by atoms with Crippen molar-refractivity contribution < 1.29 is 22.4 Å². The summed E-state index contributed by atoms with van der Waals surface area (Å²) in [6, 6.07) is 7.52. The molecule has 204 valence electrons. The van der Waals surface area contributed by atoms with Crippen LogP contribution in [0.1, 0.15) is 22.6 Å². The third-order valence-electron chi connectivity index (χ3n) is 6.12. The Morgan fingerprint density at radius 1 is 1.21 bits per heavy atom. The van der Waals surface area contributed by atoms with E-state index in [0.717, 1.165) is 17.8 Å². The predicted octanol–water partition coefficient (Wildman–Crippen LogP) is 5.49. The largest absolute Gasteiger partial charge is 0.419 e. The number of benzene rings is 2. The van der Waals surface area contributed by atoms with Gasteiger partial charge < -0.3 is 16.4 Å². The summed E-state index contributed by atoms with van der Waals surface area (Å²) in [6.45, 7) is 3.96. The highest BCUT2D eigenvalue weighted by Gasteiger charge is 2.40. The molecule has 6 nitrogen and oxygen atoms in total. The lowest BCUT2D eigenvalue weighted by atomic mass is 9.93. The molecule has 2 aromatic rings. The topological polar surface area (TPSA) is 88.0 Å². The molecule has 1 amide bonds. The highest BCUT2D eigenvalue weighted by molar-refractivity contribution is 6.59. The quantitative estimate of drug-likeness (QED) is 0.329. The number of hydrogen-bond donors (Lipinski definition) is 2. The molecule has 0 radical (unpaired) electrons. The van der Waals surface area contributed by atoms with Gasteiger partial charge in [0.2, 0.25) is 0 Å². The summed E-state index contributed by atoms with van der Waals surface area (Å²) in [4.78, 5) is 20.6. The molecule has 0 aromatic heterocycles. The maximum atomic E-state index is 14.2. The van der Waals surface area contributed by atoms with Gasteiger partial charge in [0.15, 0.2) is 5.71 Å². The number of halogens is 7. The normalized spacial score (nSPS) is 18.8. The van der Waals surface area contributed by atoms with E-state index < -0.39 is 23.5 Å². The number of carbonyl (C=O) groups is 1. The van der Waals surface area contributed by atoms with Gasteiger partial charge in [-0.15, -0.1) is 0 Å². The molecule has 1 aliphatic heterocycles. The zero-order valence-corrected chi connectivity index (χ0v) is 22.3. The summed E-state index contributed by atoms with van der Waals surface area (Å²) in [5.74, 6) is -2.36. The fraction of sp³-hybridized carbons (Fsp3) is 0.280. The van der Waals surface area contributed by atoms with Gasteiger partial charge in [0, 0.05) is 37.8 Å². The van der Waals surface area contributed by atoms with Crippen LogP contribution in [0.4, 0.5) is 17.6 Å². The standard InChI is InChI=1S/C25H24Cl3F4N5O/c1-13(34)35-23(20(28)9-33)24(38)37-11-16(15-4-6-18(26)19(27)8-15)22(12-37)36(2)10-14-3-5-17(21(29)7-14)25(30,31)32/h3-9,16,22H,1,10-12,33-34H2,2H3/b20-9+,35-23?/t16-,22+/m1/s1. The number of aliphatic imine (C=N–C) groups is 1. The van der Waals surface area contributed by atoms with E-state index in [1.54, 1.807) is 25.2 Å². The molecule has 0 saturated carbocycles. The summed E-state index contributed by atoms with van der Waals surface area (Å²) in [7, 11) is 1.72. The zero-order chi connectivity index (χ0) is 28.4. The molecule has 1 heterocycles. The minimum Gasteiger partial charge on any atom is -0.403 e. The second-order valence-corrected chi connectivity index (χ2v) is 9.97. The molecule has 0 unspecified atom stereocenters. The van der Waals surface area contributed by atoms with E-state index in [-0.39, 0.29) is 48.2 Å². The van der Waals surface area contributed by atoms with Crippen molar-refractivity contribution in [1.29, 1.82) is 0 Å². The van der Waals surface area contributed by atoms with Crippen LogP contribution in [0.25, 0.3) is 0 Å². The maximum absolute atomic E-state index is 14.2. The van der Waals surface area contributed by atoms with Crippen molar-refractivity contribution in [3.8, 4) is 0 Å². The van der Waals surface area contributed by atoms with Crippen molar-refractivity contribution in [3.63, 3.8) is 0 Å². The van der Waals surface area contributed by atoms with Crippen LogP contribution in [0.5, 0.6) is 0 Å². The lowest BCUT2D eigenvalue weighted by Crippen LogP contribution is -2.40. The molecule has 4 N–H and O–H groups in total. The SMILES string of the molecule is C=C(N)N=C(C(=O)N1C[C@H](c2ccc(Cl)c(Cl)c2)[C@@H](N(C)Cc2ccc(C(F)(F)F)c(F)c2)C1)/C(Cl)=C\N. The minimum atomic E-state index is -4.80. The second kappa shape index (κ2) is 11.9. The number of nitrogens with zero attached hydrogens (tertiary/aromatic N) is 3. The van der Waals surface area contributed by atoms with Crippen molar-refractivity contribution in [2.75, 3.05) is 20.1 Å². The Hall–Kier alpha value is -2.79. The molecule has 3 rings (SSSR count). The van der Waals surface area contributed by atoms with Gasteiger partial charge in [-0.2, -0.15) is 13.2 Å². The van der Waals surface area contributed by atoms with Crippen LogP contribution < -0.4 is 11.5 Å². The highest BCUT2D eigenvalue weighted by Crippen LogP contribution is 2.36. The molecule has 13 heteroatoms. The third-order valence-corrected chi connectivity index (χ3v) is 7.16. The Morgan fingerprint density at radius 2 is 1.89 bits per heavy atom. The van der Waals surface area contributed by atoms with Gasteiger partial charge in [0.25, 0.3) is 5.91 Å². The fourth-order valence-corrected chi connectivity index (χ4v) is 4.77. The Morgan fingerprint density at radius 3 is 2.45 bits per heavy atom. The number of carbonyl (C=O) groups excluding carboxylic acids is 1. The number of alkyl halides is 3. The van der Waals surface area contributed by atoms with E-state index in [4.69, 9.17) is 46.3 Å². The Balaban J connectivity index is 1.95. The Labute approximate surface area is 232 Å². The van der Waals surface area contributed by atoms with Crippen LogP contribution in [0.2, 0.25) is 10.0 Å². The molecular weight excluding hydrogens is 569 g/mol. The first-order valence-corrected chi connectivity index (χ1v) is 12.3. The van der Waals surface area contributed by atoms with Gasteiger partial charge in [0.05, 0.1) is 20.6 Å². The van der Waals surface area contributed by atoms with Crippen LogP contribution in [0.3, 0.4) is 0 Å². The van der Waals surface area contributed by atoms with Crippen LogP contribution in [0.15, 0.2) is 65.0 Å². The van der Waals surface area contributed by atoms with Crippen LogP contribution in [-0.4, -0.2) is 47.6 Å². The zero-order valence-electron chi connectivity index (χ0n) is 20.1. The summed E-state index contributed by atoms with van der Waals surface area (Å²) < 4.78 is 53.1. The second-order valence-electron chi connectivity index (χ2n) is 8.75. The summed E-state index contributed by atoms with van der Waals surface area (Å²) in [6.07, 6.45) is -3.79. The van der Waals surface area contributed by atoms with Crippen LogP contribution in [0, 0.1) is 5.82 Å². The van der Waals surface area contributed by atoms with Gasteiger partial charge in [-0.05, 0) is 42.4 Å². The van der Waals surface area contributed by atoms with E-state index in [1.807, 2.05) is 4.90 Å². The number of rotatable bonds is 7. The first kappa shape index (κ1) is 29.8. The lowest BCUT2D eigenvalue weighted by Gasteiger charge is -2.29. The number of likely N-dealkylation sites (N-methyl/N-ethyl adjacent to an activating group) is 1. The maximum Gasteiger partial charge on any atom is 0.419 e. The van der Waals surface area contributed by atoms with Gasteiger partial charge in [0.1, 0.15) is 11.6 Å². The summed E-state index contributed by atoms with van der Waals surface area (Å²) >= 11 is 18.4. The predicted molar refractivity (Wildman–Crippen MR) is 141 cm³/mol. The van der Waals surface area contributed by atoms with Crippen molar-refractivity contribution >= 4 is 46.4 Å². The van der Waals surface area contributed by atoms with Crippen LogP contribution >= 0.6 is 34.8 Å². The molecule has 0 bridgehead atoms. The molecule has 1 aliphatic rings. The molecule has 1 saturated heterocycles. The molecule has 2 atom stereocenters. The molecule has 0 aliphatic carbocycles. The van der Waals surface area contributed by atoms with E-state index >= 15 is 0 Å². The molecule has 38 heavy (non-hydrogen) atoms. The minimum absolute atomic E-state index is 0.101. The van der Waals surface area contributed by atoms with Gasteiger partial charge >= 0.3 is 6.18 Å². The molecule has 1 fully saturated rings. The fourth-order valence-electron chi connectivity index (χ4n) is 4.34. The number of amides is 1. The van der Waals surface area contributed by atoms with Crippen molar-refractivity contribution in [3.05, 3.63) is 92.6 Å². The number of hydrogen-bond acceptors (Lipinski definition) is 5. The average Bonchev–Trinajstić information content (AvgIpc) is 3.28. The van der Waals surface area contributed by atoms with Gasteiger partial charge in [-0.3, -0.25) is 9.69 Å². The third kappa shape index (κ3) is 6.79. The van der Waals surface area contributed by atoms with E-state index in [0.29, 0.717) is 21.7 Å². The van der Waals surface area contributed by atoms with Crippen molar-refractivity contribution in [1.82, 2.24) is 9.80 Å². The average molecular weight is 593 g/mol. The van der Waals surface area contributed by atoms with Gasteiger partial charge in [-0.25, -0.2) is 9.38 Å². The van der Waals surface area contributed by atoms with E-state index in [1.165, 1.54) is 11.0 Å². The number of nitrogens with two attached hydrogens (primary N) is 2. The number of likely N-dealkylation sites (tertiary alicyclic amines) is 1. The van der Waals surface area contributed by atoms with Crippen molar-refractivity contribution in [2.24, 2.45) is 16.5 Å². The Kier molecular flexibility index (Phi) is 9.35. The molecule has 2 aromatic carbocycles. The van der Waals surface area contributed by atoms with Crippen LogP contribution in [-0.2, 0) is 17.5 Å². The van der Waals surface area contributed by atoms with Gasteiger partial charge in [-0.1, -0.05) is 53.5 Å². The summed E-state index contributed by atoms with van der Waals surface area (Å²) in [5.41, 5.74) is 10.6. The Bertz CT molecular complexity index is 1300. The lowest BCUT2D eigenvalue weighted by molar-refractivity contribution is -0.140. The van der Waals surface area contributed by atoms with Crippen molar-refractivity contribution in [2.45, 2.75) is 24.7 Å². The smallest absolute Gasteiger partial charge is 0.403 e. The van der Waals surface area contributed by atoms with E-state index in [9.17, 15) is 22.4 Å². The first-order chi connectivity index (χ1) is 17.7. The molecular formula is C25H24Cl3F4N5O. The summed E-state index contributed by atoms with van der Waals surface area (Å²) in [5, 5.41) is 0.544. The van der Waals surface area contributed by atoms with E-state index in [2.05, 4.69) is 11.6 Å².